The zero-order valence-corrected chi connectivity index (χ0v) is 15.2. The van der Waals surface area contributed by atoms with Gasteiger partial charge in [0.15, 0.2) is 0 Å². The van der Waals surface area contributed by atoms with E-state index in [1.165, 1.54) is 56.2 Å². The van der Waals surface area contributed by atoms with Crippen LogP contribution in [-0.4, -0.2) is 25.8 Å². The van der Waals surface area contributed by atoms with Crippen molar-refractivity contribution >= 4 is 5.69 Å². The van der Waals surface area contributed by atoms with Crippen molar-refractivity contribution < 1.29 is 9.47 Å². The highest BCUT2D eigenvalue weighted by Crippen LogP contribution is 2.48. The van der Waals surface area contributed by atoms with Gasteiger partial charge in [0.25, 0.3) is 0 Å². The van der Waals surface area contributed by atoms with E-state index in [-0.39, 0.29) is 6.10 Å². The monoisotopic (exact) mass is 344 g/mol. The Balaban J connectivity index is 1.57. The van der Waals surface area contributed by atoms with E-state index in [0.29, 0.717) is 25.1 Å². The van der Waals surface area contributed by atoms with Crippen LogP contribution in [0.5, 0.6) is 5.75 Å². The lowest BCUT2D eigenvalue weighted by molar-refractivity contribution is -0.0459. The molecule has 1 unspecified atom stereocenters. The summed E-state index contributed by atoms with van der Waals surface area (Å²) in [4.78, 5) is 0. The van der Waals surface area contributed by atoms with Gasteiger partial charge in [0.05, 0.1) is 12.7 Å². The van der Waals surface area contributed by atoms with E-state index < -0.39 is 0 Å². The lowest BCUT2D eigenvalue weighted by Gasteiger charge is -2.47. The molecule has 4 rings (SSSR count). The molecule has 25 heavy (non-hydrogen) atoms. The molecule has 4 heteroatoms. The normalized spacial score (nSPS) is 29.4. The minimum absolute atomic E-state index is 0.231. The molecular formula is C21H32N2O2. The Hall–Kier alpha value is -1.26. The standard InChI is InChI=1S/C21H32N2O2/c22-11-5-13-24-16-9-10-19-18(14-16)21-17(8-4-12-25-21)20(23-19)15-6-2-1-3-7-15/h9-10,14-15,17,20-21,23H,1-8,11-13,22H2/t17?,20-,21+/m1/s1. The average molecular weight is 344 g/mol. The van der Waals surface area contributed by atoms with Gasteiger partial charge in [0, 0.05) is 29.8 Å². The summed E-state index contributed by atoms with van der Waals surface area (Å²) >= 11 is 0. The number of anilines is 1. The Bertz CT molecular complexity index is 571. The first-order chi connectivity index (χ1) is 12.4. The van der Waals surface area contributed by atoms with Crippen LogP contribution in [0.3, 0.4) is 0 Å². The van der Waals surface area contributed by atoms with Gasteiger partial charge in [-0.15, -0.1) is 0 Å². The number of nitrogens with one attached hydrogen (secondary N) is 1. The summed E-state index contributed by atoms with van der Waals surface area (Å²) in [6, 6.07) is 7.04. The largest absolute Gasteiger partial charge is 0.494 e. The van der Waals surface area contributed by atoms with Crippen LogP contribution in [0.4, 0.5) is 5.69 Å². The molecule has 1 aromatic carbocycles. The fraction of sp³-hybridized carbons (Fsp3) is 0.714. The number of benzene rings is 1. The summed E-state index contributed by atoms with van der Waals surface area (Å²) in [6.45, 7) is 2.24. The van der Waals surface area contributed by atoms with E-state index >= 15 is 0 Å². The molecule has 2 fully saturated rings. The molecule has 3 N–H and O–H groups in total. The Morgan fingerprint density at radius 1 is 1.12 bits per heavy atom. The molecule has 0 aromatic heterocycles. The third kappa shape index (κ3) is 3.65. The number of rotatable bonds is 5. The third-order valence-corrected chi connectivity index (χ3v) is 6.26. The maximum absolute atomic E-state index is 6.29. The molecule has 1 saturated carbocycles. The lowest BCUT2D eigenvalue weighted by atomic mass is 9.71. The van der Waals surface area contributed by atoms with Gasteiger partial charge in [0.2, 0.25) is 0 Å². The molecule has 2 heterocycles. The van der Waals surface area contributed by atoms with E-state index in [2.05, 4.69) is 23.5 Å². The SMILES string of the molecule is NCCCOc1ccc2c(c1)[C@H]1OCCCC1[C@@H](C1CCCCC1)N2. The fourth-order valence-corrected chi connectivity index (χ4v) is 5.01. The van der Waals surface area contributed by atoms with Crippen LogP contribution in [0.2, 0.25) is 0 Å². The van der Waals surface area contributed by atoms with Crippen LogP contribution in [-0.2, 0) is 4.74 Å². The van der Waals surface area contributed by atoms with Gasteiger partial charge in [-0.3, -0.25) is 0 Å². The summed E-state index contributed by atoms with van der Waals surface area (Å²) in [7, 11) is 0. The molecule has 1 aromatic rings. The Kier molecular flexibility index (Phi) is 5.47. The lowest BCUT2D eigenvalue weighted by Crippen LogP contribution is -2.46. The summed E-state index contributed by atoms with van der Waals surface area (Å²) in [5, 5.41) is 3.90. The van der Waals surface area contributed by atoms with Crippen molar-refractivity contribution in [1.82, 2.24) is 0 Å². The molecular weight excluding hydrogens is 312 g/mol. The zero-order chi connectivity index (χ0) is 17.1. The van der Waals surface area contributed by atoms with E-state index in [4.69, 9.17) is 15.2 Å². The summed E-state index contributed by atoms with van der Waals surface area (Å²) in [5.41, 5.74) is 8.12. The van der Waals surface area contributed by atoms with E-state index in [9.17, 15) is 0 Å². The molecule has 1 saturated heterocycles. The van der Waals surface area contributed by atoms with Gasteiger partial charge in [-0.2, -0.15) is 0 Å². The van der Waals surface area contributed by atoms with Gasteiger partial charge in [0.1, 0.15) is 5.75 Å². The minimum Gasteiger partial charge on any atom is -0.494 e. The molecule has 138 valence electrons. The van der Waals surface area contributed by atoms with Crippen LogP contribution < -0.4 is 15.8 Å². The fourth-order valence-electron chi connectivity index (χ4n) is 5.01. The highest BCUT2D eigenvalue weighted by atomic mass is 16.5. The topological polar surface area (TPSA) is 56.5 Å². The van der Waals surface area contributed by atoms with E-state index in [0.717, 1.165) is 24.7 Å². The molecule has 0 bridgehead atoms. The second-order valence-electron chi connectivity index (χ2n) is 7.91. The van der Waals surface area contributed by atoms with Crippen LogP contribution in [0, 0.1) is 11.8 Å². The van der Waals surface area contributed by atoms with Crippen molar-refractivity contribution in [3.8, 4) is 5.75 Å². The van der Waals surface area contributed by atoms with Crippen LogP contribution in [0.15, 0.2) is 18.2 Å². The zero-order valence-electron chi connectivity index (χ0n) is 15.2. The maximum Gasteiger partial charge on any atom is 0.119 e. The third-order valence-electron chi connectivity index (χ3n) is 6.26. The molecule has 0 radical (unpaired) electrons. The van der Waals surface area contributed by atoms with Crippen molar-refractivity contribution in [2.75, 3.05) is 25.1 Å². The van der Waals surface area contributed by atoms with Crippen molar-refractivity contribution in [1.29, 1.82) is 0 Å². The van der Waals surface area contributed by atoms with Crippen LogP contribution >= 0.6 is 0 Å². The molecule has 2 aliphatic heterocycles. The second-order valence-corrected chi connectivity index (χ2v) is 7.91. The first kappa shape index (κ1) is 17.2. The molecule has 0 amide bonds. The Morgan fingerprint density at radius 3 is 2.84 bits per heavy atom. The highest BCUT2D eigenvalue weighted by Gasteiger charge is 2.42. The van der Waals surface area contributed by atoms with Gasteiger partial charge in [-0.25, -0.2) is 0 Å². The minimum atomic E-state index is 0.231. The number of ether oxygens (including phenoxy) is 2. The Morgan fingerprint density at radius 2 is 2.00 bits per heavy atom. The number of hydrogen-bond acceptors (Lipinski definition) is 4. The smallest absolute Gasteiger partial charge is 0.119 e. The van der Waals surface area contributed by atoms with E-state index in [1.54, 1.807) is 0 Å². The quantitative estimate of drug-likeness (QED) is 0.784. The molecule has 4 nitrogen and oxygen atoms in total. The van der Waals surface area contributed by atoms with Gasteiger partial charge < -0.3 is 20.5 Å². The first-order valence-corrected chi connectivity index (χ1v) is 10.2. The molecule has 1 aliphatic carbocycles. The summed E-state index contributed by atoms with van der Waals surface area (Å²) in [5.74, 6) is 2.35. The van der Waals surface area contributed by atoms with Gasteiger partial charge in [-0.1, -0.05) is 19.3 Å². The number of hydrogen-bond donors (Lipinski definition) is 2. The highest BCUT2D eigenvalue weighted by molar-refractivity contribution is 5.58. The molecule has 3 aliphatic rings. The number of fused-ring (bicyclic) bond motifs is 3. The molecule has 3 atom stereocenters. The predicted molar refractivity (Wildman–Crippen MR) is 101 cm³/mol. The second kappa shape index (κ2) is 7.96. The summed E-state index contributed by atoms with van der Waals surface area (Å²) < 4.78 is 12.2. The van der Waals surface area contributed by atoms with Crippen LogP contribution in [0.1, 0.15) is 63.0 Å². The first-order valence-electron chi connectivity index (χ1n) is 10.2. The van der Waals surface area contributed by atoms with E-state index in [1.807, 2.05) is 0 Å². The number of nitrogens with two attached hydrogens (primary N) is 1. The average Bonchev–Trinajstić information content (AvgIpc) is 2.68. The van der Waals surface area contributed by atoms with Gasteiger partial charge in [-0.05, 0) is 62.8 Å². The van der Waals surface area contributed by atoms with Crippen LogP contribution in [0.25, 0.3) is 0 Å². The van der Waals surface area contributed by atoms with Crippen molar-refractivity contribution in [2.24, 2.45) is 17.6 Å². The summed E-state index contributed by atoms with van der Waals surface area (Å²) in [6.07, 6.45) is 10.5. The van der Waals surface area contributed by atoms with Gasteiger partial charge >= 0.3 is 0 Å². The maximum atomic E-state index is 6.29. The van der Waals surface area contributed by atoms with Crippen molar-refractivity contribution in [3.05, 3.63) is 23.8 Å². The van der Waals surface area contributed by atoms with Crippen molar-refractivity contribution in [2.45, 2.75) is 63.5 Å². The molecule has 0 spiro atoms. The predicted octanol–water partition coefficient (Wildman–Crippen LogP) is 4.26. The Labute approximate surface area is 151 Å². The van der Waals surface area contributed by atoms with Crippen molar-refractivity contribution in [3.63, 3.8) is 0 Å².